The summed E-state index contributed by atoms with van der Waals surface area (Å²) in [7, 11) is -3.28. The summed E-state index contributed by atoms with van der Waals surface area (Å²) in [6.07, 6.45) is -10.4. The van der Waals surface area contributed by atoms with Crippen molar-refractivity contribution in [2.75, 3.05) is 34.5 Å². The first-order valence-corrected chi connectivity index (χ1v) is 27.4. The van der Waals surface area contributed by atoms with Gasteiger partial charge < -0.3 is 52.2 Å². The predicted octanol–water partition coefficient (Wildman–Crippen LogP) is 6.80. The minimum Gasteiger partial charge on any atom is -0.497 e. The minimum atomic E-state index is -4.43. The second-order valence-corrected chi connectivity index (χ2v) is 25.1. The molecule has 0 bridgehead atoms. The largest absolute Gasteiger partial charge is 0.497 e. The SMILES string of the molecule is C=CC1(COS(=O)(=O)c2ccc(C)cc2)O[C@@H](O[C@@H]2C(CO[Si](c3ccccc3)(c3ccccc3)C(C)(C)C)O[C@H](OC)C(OCc3ccc(OC)cc3)[C@@H]2OCc2ccccc2)C(OC(C)=O)[C@@H](OC)[C@@H]1O. The van der Waals surface area contributed by atoms with Gasteiger partial charge in [0.05, 0.1) is 31.8 Å². The lowest BCUT2D eigenvalue weighted by Crippen LogP contribution is -2.70. The Morgan fingerprint density at radius 3 is 1.81 bits per heavy atom. The van der Waals surface area contributed by atoms with E-state index in [-0.39, 0.29) is 24.7 Å². The molecule has 2 fully saturated rings. The first-order chi connectivity index (χ1) is 35.0. The third kappa shape index (κ3) is 12.7. The molecule has 0 saturated carbocycles. The van der Waals surface area contributed by atoms with Crippen molar-refractivity contribution in [2.24, 2.45) is 0 Å². The van der Waals surface area contributed by atoms with Crippen LogP contribution in [0.3, 0.4) is 0 Å². The minimum absolute atomic E-state index is 0.0755. The predicted molar refractivity (Wildman–Crippen MR) is 275 cm³/mol. The van der Waals surface area contributed by atoms with Crippen LogP contribution in [0.25, 0.3) is 0 Å². The number of aliphatic hydroxyl groups excluding tert-OH is 1. The van der Waals surface area contributed by atoms with Crippen molar-refractivity contribution in [2.45, 2.75) is 119 Å². The highest BCUT2D eigenvalue weighted by molar-refractivity contribution is 7.86. The Balaban J connectivity index is 1.35. The van der Waals surface area contributed by atoms with Crippen LogP contribution in [0.1, 0.15) is 44.4 Å². The third-order valence-corrected chi connectivity index (χ3v) is 19.6. The van der Waals surface area contributed by atoms with Crippen LogP contribution in [0, 0.1) is 6.92 Å². The summed E-state index contributed by atoms with van der Waals surface area (Å²) in [5, 5.41) is 13.7. The molecule has 10 atom stereocenters. The fourth-order valence-electron chi connectivity index (χ4n) is 9.47. The van der Waals surface area contributed by atoms with E-state index < -0.39 is 97.0 Å². The Kier molecular flexibility index (Phi) is 18.7. The van der Waals surface area contributed by atoms with Crippen molar-refractivity contribution in [1.82, 2.24) is 0 Å². The number of benzene rings is 5. The first-order valence-electron chi connectivity index (χ1n) is 24.1. The van der Waals surface area contributed by atoms with Gasteiger partial charge in [-0.3, -0.25) is 8.98 Å². The number of rotatable bonds is 22. The summed E-state index contributed by atoms with van der Waals surface area (Å²) < 4.78 is 98.5. The Hall–Kier alpha value is -5.12. The van der Waals surface area contributed by atoms with Gasteiger partial charge in [-0.25, -0.2) is 0 Å². The Morgan fingerprint density at radius 1 is 0.726 bits per heavy atom. The van der Waals surface area contributed by atoms with Crippen LogP contribution in [0.2, 0.25) is 5.04 Å². The molecule has 0 radical (unpaired) electrons. The molecular formula is C56H68O15SSi. The van der Waals surface area contributed by atoms with Crippen LogP contribution >= 0.6 is 0 Å². The highest BCUT2D eigenvalue weighted by Crippen LogP contribution is 2.41. The molecule has 5 aromatic carbocycles. The zero-order valence-corrected chi connectivity index (χ0v) is 44.5. The molecule has 0 spiro atoms. The van der Waals surface area contributed by atoms with E-state index in [0.717, 1.165) is 27.1 Å². The number of esters is 1. The molecule has 4 unspecified atom stereocenters. The zero-order valence-electron chi connectivity index (χ0n) is 42.7. The van der Waals surface area contributed by atoms with Crippen LogP contribution < -0.4 is 15.1 Å². The van der Waals surface area contributed by atoms with Gasteiger partial charge in [0.2, 0.25) is 0 Å². The van der Waals surface area contributed by atoms with Crippen molar-refractivity contribution in [3.63, 3.8) is 0 Å². The second-order valence-electron chi connectivity index (χ2n) is 19.1. The van der Waals surface area contributed by atoms with Crippen molar-refractivity contribution in [3.8, 4) is 5.75 Å². The lowest BCUT2D eigenvalue weighted by atomic mass is 9.86. The van der Waals surface area contributed by atoms with E-state index >= 15 is 0 Å². The Morgan fingerprint density at radius 2 is 1.29 bits per heavy atom. The lowest BCUT2D eigenvalue weighted by molar-refractivity contribution is -0.376. The van der Waals surface area contributed by atoms with E-state index in [2.05, 4.69) is 51.6 Å². The number of carbonyl (C=O) groups is 1. The van der Waals surface area contributed by atoms with Gasteiger partial charge >= 0.3 is 5.97 Å². The van der Waals surface area contributed by atoms with E-state index in [9.17, 15) is 18.3 Å². The van der Waals surface area contributed by atoms with Crippen molar-refractivity contribution in [3.05, 3.63) is 169 Å². The van der Waals surface area contributed by atoms with E-state index in [4.69, 9.17) is 51.2 Å². The molecule has 17 heteroatoms. The maximum atomic E-state index is 13.7. The third-order valence-electron chi connectivity index (χ3n) is 13.3. The molecule has 7 rings (SSSR count). The smallest absolute Gasteiger partial charge is 0.303 e. The summed E-state index contributed by atoms with van der Waals surface area (Å²) in [4.78, 5) is 12.9. The molecule has 0 aromatic heterocycles. The molecule has 2 saturated heterocycles. The summed E-state index contributed by atoms with van der Waals surface area (Å²) in [6, 6.07) is 43.3. The first kappa shape index (κ1) is 55.6. The van der Waals surface area contributed by atoms with Crippen LogP contribution in [0.5, 0.6) is 5.75 Å². The van der Waals surface area contributed by atoms with E-state index in [1.807, 2.05) is 97.9 Å². The second kappa shape index (κ2) is 24.5. The van der Waals surface area contributed by atoms with Gasteiger partial charge in [0.25, 0.3) is 18.4 Å². The molecule has 2 aliphatic rings. The average molecular weight is 1040 g/mol. The molecule has 0 aliphatic carbocycles. The van der Waals surface area contributed by atoms with Gasteiger partial charge in [-0.1, -0.05) is 148 Å². The topological polar surface area (TPSA) is 173 Å². The molecule has 15 nitrogen and oxygen atoms in total. The molecule has 73 heavy (non-hydrogen) atoms. The molecule has 1 N–H and O–H groups in total. The normalized spacial score (nSPS) is 25.7. The van der Waals surface area contributed by atoms with Gasteiger partial charge in [-0.05, 0) is 57.7 Å². The maximum absolute atomic E-state index is 13.7. The summed E-state index contributed by atoms with van der Waals surface area (Å²) in [5.74, 6) is -0.0759. The molecule has 2 heterocycles. The van der Waals surface area contributed by atoms with Gasteiger partial charge in [-0.15, -0.1) is 6.58 Å². The molecule has 0 amide bonds. The van der Waals surface area contributed by atoms with Gasteiger partial charge in [0.1, 0.15) is 54.6 Å². The maximum Gasteiger partial charge on any atom is 0.303 e. The molecule has 5 aromatic rings. The Bertz CT molecular complexity index is 2600. The summed E-state index contributed by atoms with van der Waals surface area (Å²) in [5.41, 5.74) is 0.439. The zero-order chi connectivity index (χ0) is 52.4. The number of methoxy groups -OCH3 is 3. The number of ether oxygens (including phenoxy) is 9. The van der Waals surface area contributed by atoms with Crippen LogP contribution in [-0.2, 0) is 74.6 Å². The van der Waals surface area contributed by atoms with E-state index in [1.54, 1.807) is 19.2 Å². The highest BCUT2D eigenvalue weighted by atomic mass is 32.2. The van der Waals surface area contributed by atoms with E-state index in [0.29, 0.717) is 5.75 Å². The molecule has 2 aliphatic heterocycles. The quantitative estimate of drug-likeness (QED) is 0.0332. The number of carbonyl (C=O) groups excluding carboxylic acids is 1. The number of aryl methyl sites for hydroxylation is 1. The number of aliphatic hydroxyl groups is 1. The van der Waals surface area contributed by atoms with E-state index in [1.165, 1.54) is 39.4 Å². The molecule has 392 valence electrons. The molecular weight excluding hydrogens is 973 g/mol. The van der Waals surface area contributed by atoms with Gasteiger partial charge in [0, 0.05) is 21.1 Å². The highest BCUT2D eigenvalue weighted by Gasteiger charge is 2.59. The monoisotopic (exact) mass is 1040 g/mol. The Labute approximate surface area is 430 Å². The van der Waals surface area contributed by atoms with Crippen molar-refractivity contribution < 1.29 is 69.6 Å². The lowest BCUT2D eigenvalue weighted by Gasteiger charge is -2.52. The average Bonchev–Trinajstić information content (AvgIpc) is 3.39. The van der Waals surface area contributed by atoms with Crippen molar-refractivity contribution in [1.29, 1.82) is 0 Å². The summed E-state index contributed by atoms with van der Waals surface area (Å²) >= 11 is 0. The van der Waals surface area contributed by atoms with Crippen LogP contribution in [0.15, 0.2) is 157 Å². The van der Waals surface area contributed by atoms with Gasteiger partial charge in [-0.2, -0.15) is 8.42 Å². The van der Waals surface area contributed by atoms with Crippen molar-refractivity contribution >= 4 is 34.8 Å². The standard InChI is InChI=1S/C56H68O15SSi/c1-10-56(37-66-72(59,60)43-32-26-38(2)27-33-43)52(58)49(62-8)51(68-39(3)57)54(71-56)70-47-46(36-67-73(55(4,5)6,44-22-16-12-17-23-44)45-24-18-13-19-25-45)69-53(63-9)50(48(47)64-34-40-20-14-11-15-21-40)65-35-41-28-30-42(61-7)31-29-41/h10-33,46-54,58H,1,34-37H2,2-9H3/t46?,47-,48-,49-,50?,51?,52+,53+,54-,56?/m1/s1. The van der Waals surface area contributed by atoms with Crippen LogP contribution in [-0.4, -0.2) is 123 Å². The summed E-state index contributed by atoms with van der Waals surface area (Å²) in [6.45, 7) is 12.8. The number of hydrogen-bond acceptors (Lipinski definition) is 15. The fraction of sp³-hybridized carbons (Fsp3) is 0.411. The number of hydrogen-bond donors (Lipinski definition) is 1. The fourth-order valence-corrected chi connectivity index (χ4v) is 15.0. The van der Waals surface area contributed by atoms with Crippen LogP contribution in [0.4, 0.5) is 0 Å². The van der Waals surface area contributed by atoms with Gasteiger partial charge in [0.15, 0.2) is 18.7 Å².